The average Bonchev–Trinajstić information content (AvgIpc) is 2.45. The van der Waals surface area contributed by atoms with E-state index in [0.717, 1.165) is 11.3 Å². The van der Waals surface area contributed by atoms with E-state index in [2.05, 4.69) is 26.2 Å². The van der Waals surface area contributed by atoms with Gasteiger partial charge in [0, 0.05) is 4.88 Å². The van der Waals surface area contributed by atoms with Crippen LogP contribution in [0.15, 0.2) is 5.38 Å². The van der Waals surface area contributed by atoms with Crippen molar-refractivity contribution < 1.29 is 5.11 Å². The smallest absolute Gasteiger partial charge is 0.0934 e. The maximum Gasteiger partial charge on any atom is 0.0934 e. The van der Waals surface area contributed by atoms with Crippen molar-refractivity contribution in [3.8, 4) is 0 Å². The molecule has 1 nitrogen and oxygen atoms in total. The molecule has 14 heavy (non-hydrogen) atoms. The summed E-state index contributed by atoms with van der Waals surface area (Å²) in [6.45, 7) is 10.3. The molecule has 1 N–H and O–H groups in total. The minimum absolute atomic E-state index is 0.553. The number of thiophene rings is 1. The van der Waals surface area contributed by atoms with Crippen LogP contribution in [0.1, 0.15) is 56.5 Å². The van der Waals surface area contributed by atoms with Gasteiger partial charge in [-0.25, -0.2) is 0 Å². The summed E-state index contributed by atoms with van der Waals surface area (Å²) in [4.78, 5) is 1.13. The summed E-state index contributed by atoms with van der Waals surface area (Å²) in [5, 5.41) is 12.2. The number of aliphatic hydroxyl groups is 1. The molecule has 0 aliphatic heterocycles. The lowest BCUT2D eigenvalue weighted by molar-refractivity contribution is 0.0816. The predicted molar refractivity (Wildman–Crippen MR) is 63.0 cm³/mol. The van der Waals surface area contributed by atoms with Crippen molar-refractivity contribution >= 4 is 11.3 Å². The molecule has 0 aliphatic carbocycles. The van der Waals surface area contributed by atoms with Gasteiger partial charge in [0.25, 0.3) is 0 Å². The van der Waals surface area contributed by atoms with Crippen molar-refractivity contribution in [2.24, 2.45) is 0 Å². The van der Waals surface area contributed by atoms with E-state index in [4.69, 9.17) is 0 Å². The lowest BCUT2D eigenvalue weighted by atomic mass is 9.94. The second-order valence-electron chi connectivity index (χ2n) is 4.57. The highest BCUT2D eigenvalue weighted by Gasteiger charge is 2.24. The molecule has 0 atom stereocenters. The second kappa shape index (κ2) is 4.03. The van der Waals surface area contributed by atoms with Crippen LogP contribution in [-0.4, -0.2) is 5.11 Å². The van der Waals surface area contributed by atoms with Crippen LogP contribution in [0.3, 0.4) is 0 Å². The zero-order chi connectivity index (χ0) is 10.9. The molecule has 1 heterocycles. The number of hydrogen-bond donors (Lipinski definition) is 1. The molecule has 0 saturated carbocycles. The molecule has 2 heteroatoms. The minimum atomic E-state index is -0.691. The van der Waals surface area contributed by atoms with Crippen LogP contribution in [0.2, 0.25) is 0 Å². The van der Waals surface area contributed by atoms with E-state index in [9.17, 15) is 5.11 Å². The molecule has 0 radical (unpaired) electrons. The summed E-state index contributed by atoms with van der Waals surface area (Å²) in [6, 6.07) is 0. The Bertz CT molecular complexity index is 305. The normalized spacial score (nSPS) is 12.5. The Morgan fingerprint density at radius 3 is 2.36 bits per heavy atom. The van der Waals surface area contributed by atoms with Crippen molar-refractivity contribution in [3.05, 3.63) is 21.4 Å². The number of rotatable bonds is 3. The molecule has 0 aromatic carbocycles. The summed E-state index contributed by atoms with van der Waals surface area (Å²) in [6.07, 6.45) is 1.01. The molecule has 0 spiro atoms. The van der Waals surface area contributed by atoms with Gasteiger partial charge in [-0.2, -0.15) is 0 Å². The van der Waals surface area contributed by atoms with Gasteiger partial charge in [0.15, 0.2) is 0 Å². The van der Waals surface area contributed by atoms with E-state index in [1.54, 1.807) is 11.3 Å². The largest absolute Gasteiger partial charge is 0.385 e. The third kappa shape index (κ3) is 2.18. The molecule has 0 unspecified atom stereocenters. The maximum absolute atomic E-state index is 10.0. The summed E-state index contributed by atoms with van der Waals surface area (Å²) in [7, 11) is 0. The lowest BCUT2D eigenvalue weighted by Gasteiger charge is -2.18. The van der Waals surface area contributed by atoms with Crippen molar-refractivity contribution in [3.63, 3.8) is 0 Å². The fourth-order valence-corrected chi connectivity index (χ4v) is 3.11. The SMILES string of the molecule is CCc1c(C(C)C)csc1C(C)(C)O. The van der Waals surface area contributed by atoms with E-state index in [1.807, 2.05) is 13.8 Å². The van der Waals surface area contributed by atoms with Gasteiger partial charge in [0.1, 0.15) is 0 Å². The Balaban J connectivity index is 3.21. The highest BCUT2D eigenvalue weighted by molar-refractivity contribution is 7.10. The molecule has 1 rings (SSSR count). The van der Waals surface area contributed by atoms with Gasteiger partial charge < -0.3 is 5.11 Å². The zero-order valence-corrected chi connectivity index (χ0v) is 10.5. The Morgan fingerprint density at radius 1 is 1.43 bits per heavy atom. The Morgan fingerprint density at radius 2 is 2.00 bits per heavy atom. The van der Waals surface area contributed by atoms with E-state index >= 15 is 0 Å². The first kappa shape index (κ1) is 11.7. The minimum Gasteiger partial charge on any atom is -0.385 e. The van der Waals surface area contributed by atoms with Crippen LogP contribution in [0.25, 0.3) is 0 Å². The van der Waals surface area contributed by atoms with Gasteiger partial charge in [-0.05, 0) is 42.7 Å². The molecule has 0 aliphatic rings. The molecule has 80 valence electrons. The molecular formula is C12H20OS. The molecule has 0 saturated heterocycles. The first-order valence-electron chi connectivity index (χ1n) is 5.21. The van der Waals surface area contributed by atoms with Crippen LogP contribution < -0.4 is 0 Å². The summed E-state index contributed by atoms with van der Waals surface area (Å²) >= 11 is 1.69. The highest BCUT2D eigenvalue weighted by Crippen LogP contribution is 2.35. The summed E-state index contributed by atoms with van der Waals surface area (Å²) in [5.41, 5.74) is 2.05. The number of hydrogen-bond acceptors (Lipinski definition) is 2. The van der Waals surface area contributed by atoms with Crippen LogP contribution in [0, 0.1) is 0 Å². The van der Waals surface area contributed by atoms with Gasteiger partial charge in [-0.3, -0.25) is 0 Å². The molecule has 0 amide bonds. The van der Waals surface area contributed by atoms with E-state index < -0.39 is 5.60 Å². The van der Waals surface area contributed by atoms with Crippen molar-refractivity contribution in [1.82, 2.24) is 0 Å². The fraction of sp³-hybridized carbons (Fsp3) is 0.667. The lowest BCUT2D eigenvalue weighted by Crippen LogP contribution is -2.15. The molecular weight excluding hydrogens is 192 g/mol. The second-order valence-corrected chi connectivity index (χ2v) is 5.45. The van der Waals surface area contributed by atoms with Gasteiger partial charge in [0.05, 0.1) is 5.60 Å². The van der Waals surface area contributed by atoms with Gasteiger partial charge in [-0.1, -0.05) is 20.8 Å². The standard InChI is InChI=1S/C12H20OS/c1-6-9-10(8(2)3)7-14-11(9)12(4,5)13/h7-8,13H,6H2,1-5H3. The first-order chi connectivity index (χ1) is 6.38. The third-order valence-corrected chi connectivity index (χ3v) is 3.81. The average molecular weight is 212 g/mol. The first-order valence-corrected chi connectivity index (χ1v) is 6.09. The monoisotopic (exact) mass is 212 g/mol. The maximum atomic E-state index is 10.0. The highest BCUT2D eigenvalue weighted by atomic mass is 32.1. The Labute approximate surface area is 90.8 Å². The Kier molecular flexibility index (Phi) is 3.38. The summed E-state index contributed by atoms with van der Waals surface area (Å²) < 4.78 is 0. The molecule has 1 aromatic rings. The van der Waals surface area contributed by atoms with Crippen molar-refractivity contribution in [1.29, 1.82) is 0 Å². The van der Waals surface area contributed by atoms with E-state index in [-0.39, 0.29) is 0 Å². The topological polar surface area (TPSA) is 20.2 Å². The Hall–Kier alpha value is -0.340. The van der Waals surface area contributed by atoms with Crippen molar-refractivity contribution in [2.45, 2.75) is 52.6 Å². The van der Waals surface area contributed by atoms with Gasteiger partial charge >= 0.3 is 0 Å². The van der Waals surface area contributed by atoms with Crippen LogP contribution in [0.4, 0.5) is 0 Å². The van der Waals surface area contributed by atoms with Gasteiger partial charge in [-0.15, -0.1) is 11.3 Å². The van der Waals surface area contributed by atoms with E-state index in [0.29, 0.717) is 5.92 Å². The van der Waals surface area contributed by atoms with E-state index in [1.165, 1.54) is 11.1 Å². The van der Waals surface area contributed by atoms with Gasteiger partial charge in [0.2, 0.25) is 0 Å². The third-order valence-electron chi connectivity index (χ3n) is 2.46. The summed E-state index contributed by atoms with van der Waals surface area (Å²) in [5.74, 6) is 0.553. The van der Waals surface area contributed by atoms with Crippen LogP contribution in [-0.2, 0) is 12.0 Å². The predicted octanol–water partition coefficient (Wildman–Crippen LogP) is 3.66. The molecule has 0 bridgehead atoms. The van der Waals surface area contributed by atoms with Crippen LogP contribution >= 0.6 is 11.3 Å². The van der Waals surface area contributed by atoms with Crippen LogP contribution in [0.5, 0.6) is 0 Å². The van der Waals surface area contributed by atoms with Crippen molar-refractivity contribution in [2.75, 3.05) is 0 Å². The fourth-order valence-electron chi connectivity index (χ4n) is 1.76. The quantitative estimate of drug-likeness (QED) is 0.810. The molecule has 1 aromatic heterocycles. The molecule has 0 fully saturated rings. The zero-order valence-electron chi connectivity index (χ0n) is 9.72.